The Balaban J connectivity index is 2.14. The molecule has 1 aromatic carbocycles. The highest BCUT2D eigenvalue weighted by Crippen LogP contribution is 2.19. The van der Waals surface area contributed by atoms with Gasteiger partial charge in [-0.3, -0.25) is 0 Å². The van der Waals surface area contributed by atoms with E-state index in [-0.39, 0.29) is 12.4 Å². The number of oxime groups is 1. The molecule has 18 heavy (non-hydrogen) atoms. The Morgan fingerprint density at radius 3 is 2.67 bits per heavy atom. The summed E-state index contributed by atoms with van der Waals surface area (Å²) in [4.78, 5) is 16.5. The summed E-state index contributed by atoms with van der Waals surface area (Å²) in [6.07, 6.45) is 0. The molecule has 0 bridgehead atoms. The number of rotatable bonds is 3. The zero-order valence-corrected chi connectivity index (χ0v) is 10.2. The first-order chi connectivity index (χ1) is 8.72. The molecule has 0 saturated heterocycles. The van der Waals surface area contributed by atoms with Crippen LogP contribution >= 0.6 is 0 Å². The summed E-state index contributed by atoms with van der Waals surface area (Å²) < 4.78 is 10.3. The van der Waals surface area contributed by atoms with Crippen molar-refractivity contribution in [2.75, 3.05) is 6.61 Å². The third-order valence-electron chi connectivity index (χ3n) is 2.27. The van der Waals surface area contributed by atoms with E-state index in [1.807, 2.05) is 30.3 Å². The number of nitrogens with zero attached hydrogens (tertiary/aromatic N) is 1. The summed E-state index contributed by atoms with van der Waals surface area (Å²) >= 11 is 0. The van der Waals surface area contributed by atoms with Crippen LogP contribution in [0.5, 0.6) is 0 Å². The van der Waals surface area contributed by atoms with Crippen molar-refractivity contribution in [3.63, 3.8) is 0 Å². The molecule has 94 valence electrons. The molecule has 0 radical (unpaired) electrons. The van der Waals surface area contributed by atoms with Crippen molar-refractivity contribution in [3.05, 3.63) is 47.4 Å². The van der Waals surface area contributed by atoms with Gasteiger partial charge in [0.15, 0.2) is 5.76 Å². The Morgan fingerprint density at radius 2 is 2.06 bits per heavy atom. The van der Waals surface area contributed by atoms with Crippen molar-refractivity contribution in [1.29, 1.82) is 0 Å². The number of hydrogen-bond donors (Lipinski definition) is 0. The minimum absolute atomic E-state index is 0.0171. The molecule has 0 N–H and O–H groups in total. The van der Waals surface area contributed by atoms with E-state index in [4.69, 9.17) is 14.3 Å². The van der Waals surface area contributed by atoms with E-state index < -0.39 is 5.97 Å². The van der Waals surface area contributed by atoms with Crippen LogP contribution in [0.1, 0.15) is 19.4 Å². The van der Waals surface area contributed by atoms with E-state index in [0.29, 0.717) is 11.7 Å². The summed E-state index contributed by atoms with van der Waals surface area (Å²) in [6, 6.07) is 9.29. The summed E-state index contributed by atoms with van der Waals surface area (Å²) in [5, 5.41) is 3.77. The van der Waals surface area contributed by atoms with Crippen LogP contribution in [-0.2, 0) is 19.1 Å². The van der Waals surface area contributed by atoms with Gasteiger partial charge in [0.2, 0.25) is 0 Å². The lowest BCUT2D eigenvalue weighted by Gasteiger charge is -2.16. The van der Waals surface area contributed by atoms with Crippen molar-refractivity contribution in [2.45, 2.75) is 13.8 Å². The highest BCUT2D eigenvalue weighted by atomic mass is 16.7. The Bertz CT molecular complexity index is 505. The summed E-state index contributed by atoms with van der Waals surface area (Å²) in [5.74, 6) is 0.0610. The maximum atomic E-state index is 11.5. The third-order valence-corrected chi connectivity index (χ3v) is 2.27. The lowest BCUT2D eigenvalue weighted by molar-refractivity contribution is -0.143. The standard InChI is InChI=1S/C13H13NO4/c1-3-16-13(15)11-9(2)17-12(14-18-11)10-7-5-4-6-8-10/h4-8H,3H2,1-2H3. The van der Waals surface area contributed by atoms with Crippen LogP contribution in [0.4, 0.5) is 0 Å². The first-order valence-corrected chi connectivity index (χ1v) is 5.58. The predicted molar refractivity (Wildman–Crippen MR) is 64.5 cm³/mol. The number of ether oxygens (including phenoxy) is 2. The molecule has 0 unspecified atom stereocenters. The second kappa shape index (κ2) is 5.35. The van der Waals surface area contributed by atoms with Crippen LogP contribution in [-0.4, -0.2) is 18.5 Å². The Hall–Kier alpha value is -2.30. The summed E-state index contributed by atoms with van der Waals surface area (Å²) in [7, 11) is 0. The van der Waals surface area contributed by atoms with Gasteiger partial charge in [-0.1, -0.05) is 18.2 Å². The van der Waals surface area contributed by atoms with Gasteiger partial charge in [-0.25, -0.2) is 4.79 Å². The van der Waals surface area contributed by atoms with Crippen LogP contribution in [0, 0.1) is 0 Å². The number of carbonyl (C=O) groups excluding carboxylic acids is 1. The summed E-state index contributed by atoms with van der Waals surface area (Å²) in [6.45, 7) is 3.62. The molecule has 5 heteroatoms. The molecular weight excluding hydrogens is 234 g/mol. The molecule has 0 fully saturated rings. The maximum Gasteiger partial charge on any atom is 0.380 e. The average molecular weight is 247 g/mol. The SMILES string of the molecule is CCOC(=O)C1=C(C)OC(c2ccccc2)=NO1. The fourth-order valence-corrected chi connectivity index (χ4v) is 1.43. The molecule has 1 aromatic rings. The monoisotopic (exact) mass is 247 g/mol. The van der Waals surface area contributed by atoms with Crippen LogP contribution in [0.3, 0.4) is 0 Å². The molecule has 2 rings (SSSR count). The number of benzene rings is 1. The fourth-order valence-electron chi connectivity index (χ4n) is 1.43. The second-order valence-corrected chi connectivity index (χ2v) is 3.56. The van der Waals surface area contributed by atoms with Crippen LogP contribution in [0.2, 0.25) is 0 Å². The van der Waals surface area contributed by atoms with E-state index in [9.17, 15) is 4.79 Å². The van der Waals surface area contributed by atoms with Crippen LogP contribution in [0.15, 0.2) is 47.0 Å². The molecule has 0 saturated carbocycles. The van der Waals surface area contributed by atoms with Gasteiger partial charge in [0, 0.05) is 5.56 Å². The van der Waals surface area contributed by atoms with Gasteiger partial charge in [0.05, 0.1) is 6.61 Å². The fraction of sp³-hybridized carbons (Fsp3) is 0.231. The Morgan fingerprint density at radius 1 is 1.33 bits per heavy atom. The Labute approximate surface area is 105 Å². The van der Waals surface area contributed by atoms with Gasteiger partial charge < -0.3 is 14.3 Å². The number of hydrogen-bond acceptors (Lipinski definition) is 5. The largest absolute Gasteiger partial charge is 0.460 e. The smallest absolute Gasteiger partial charge is 0.380 e. The minimum Gasteiger partial charge on any atom is -0.460 e. The highest BCUT2D eigenvalue weighted by Gasteiger charge is 2.24. The first kappa shape index (κ1) is 12.2. The predicted octanol–water partition coefficient (Wildman–Crippen LogP) is 2.19. The molecule has 0 spiro atoms. The zero-order chi connectivity index (χ0) is 13.0. The third kappa shape index (κ3) is 2.51. The number of allylic oxidation sites excluding steroid dienone is 1. The van der Waals surface area contributed by atoms with Gasteiger partial charge >= 0.3 is 5.97 Å². The van der Waals surface area contributed by atoms with Gasteiger partial charge in [-0.2, -0.15) is 0 Å². The molecule has 0 aliphatic carbocycles. The minimum atomic E-state index is -0.578. The zero-order valence-electron chi connectivity index (χ0n) is 10.2. The van der Waals surface area contributed by atoms with Crippen LogP contribution < -0.4 is 0 Å². The summed E-state index contributed by atoms with van der Waals surface area (Å²) in [5.41, 5.74) is 0.778. The van der Waals surface area contributed by atoms with E-state index in [1.165, 1.54) is 0 Å². The van der Waals surface area contributed by atoms with E-state index in [0.717, 1.165) is 5.56 Å². The first-order valence-electron chi connectivity index (χ1n) is 5.58. The van der Waals surface area contributed by atoms with Gasteiger partial charge in [0.1, 0.15) is 0 Å². The van der Waals surface area contributed by atoms with Crippen molar-refractivity contribution >= 4 is 11.9 Å². The molecule has 0 aromatic heterocycles. The quantitative estimate of drug-likeness (QED) is 0.768. The van der Waals surface area contributed by atoms with E-state index in [2.05, 4.69) is 5.16 Å². The molecule has 0 atom stereocenters. The van der Waals surface area contributed by atoms with Crippen LogP contribution in [0.25, 0.3) is 0 Å². The van der Waals surface area contributed by atoms with Gasteiger partial charge in [-0.15, -0.1) is 0 Å². The highest BCUT2D eigenvalue weighted by molar-refractivity contribution is 5.96. The van der Waals surface area contributed by atoms with Crippen molar-refractivity contribution in [1.82, 2.24) is 0 Å². The Kier molecular flexibility index (Phi) is 3.62. The molecule has 5 nitrogen and oxygen atoms in total. The molecule has 0 amide bonds. The molecule has 1 aliphatic rings. The van der Waals surface area contributed by atoms with Crippen molar-refractivity contribution in [3.8, 4) is 0 Å². The molecule has 1 aliphatic heterocycles. The number of esters is 1. The van der Waals surface area contributed by atoms with E-state index >= 15 is 0 Å². The second-order valence-electron chi connectivity index (χ2n) is 3.56. The molecule has 1 heterocycles. The maximum absolute atomic E-state index is 11.5. The van der Waals surface area contributed by atoms with Gasteiger partial charge in [-0.05, 0) is 31.1 Å². The normalized spacial score (nSPS) is 14.4. The van der Waals surface area contributed by atoms with Crippen molar-refractivity contribution in [2.24, 2.45) is 5.16 Å². The lowest BCUT2D eigenvalue weighted by atomic mass is 10.2. The van der Waals surface area contributed by atoms with E-state index in [1.54, 1.807) is 13.8 Å². The molecular formula is C13H13NO4. The van der Waals surface area contributed by atoms with Crippen molar-refractivity contribution < 1.29 is 19.1 Å². The number of carbonyl (C=O) groups is 1. The topological polar surface area (TPSA) is 57.1 Å². The van der Waals surface area contributed by atoms with Gasteiger partial charge in [0.25, 0.3) is 11.7 Å². The lowest BCUT2D eigenvalue weighted by Crippen LogP contribution is -2.19. The average Bonchev–Trinajstić information content (AvgIpc) is 2.40.